The summed E-state index contributed by atoms with van der Waals surface area (Å²) in [6.45, 7) is 11.4. The van der Waals surface area contributed by atoms with Gasteiger partial charge in [0.1, 0.15) is 0 Å². The molecule has 1 amide bonds. The van der Waals surface area contributed by atoms with Crippen molar-refractivity contribution in [2.45, 2.75) is 82.4 Å². The van der Waals surface area contributed by atoms with Gasteiger partial charge in [0.15, 0.2) is 9.84 Å². The highest BCUT2D eigenvalue weighted by Crippen LogP contribution is 2.38. The number of nitrogens with zero attached hydrogens (tertiary/aromatic N) is 3. The standard InChI is InChI=1S/C34H52N4O3S/c1-4-6-11-18-35-34(39)30-26-33(42(3,40)41)32(38-22-16-29(17-23-38)28-14-9-8-10-15-28)27-31(30)37(21-7-5-2)25-24-36-19-12-13-20-36/h8-10,14-15,26-27,29H,4-7,11-13,16-25H2,1-3H3,(H,35,39). The van der Waals surface area contributed by atoms with Gasteiger partial charge in [-0.15, -0.1) is 0 Å². The molecule has 2 aromatic rings. The maximum atomic E-state index is 13.7. The summed E-state index contributed by atoms with van der Waals surface area (Å²) >= 11 is 0. The third kappa shape index (κ3) is 8.73. The number of hydrogen-bond acceptors (Lipinski definition) is 6. The first-order valence-corrected chi connectivity index (χ1v) is 18.1. The van der Waals surface area contributed by atoms with Crippen molar-refractivity contribution in [2.75, 3.05) is 68.4 Å². The Balaban J connectivity index is 1.69. The lowest BCUT2D eigenvalue weighted by Crippen LogP contribution is -2.37. The van der Waals surface area contributed by atoms with E-state index in [2.05, 4.69) is 58.1 Å². The van der Waals surface area contributed by atoms with E-state index in [4.69, 9.17) is 0 Å². The zero-order chi connectivity index (χ0) is 30.0. The second kappa shape index (κ2) is 15.8. The molecule has 0 spiro atoms. The summed E-state index contributed by atoms with van der Waals surface area (Å²) in [6, 6.07) is 14.3. The van der Waals surface area contributed by atoms with Gasteiger partial charge in [-0.2, -0.15) is 0 Å². The molecule has 2 aromatic carbocycles. The number of nitrogens with one attached hydrogen (secondary N) is 1. The first kappa shape index (κ1) is 32.3. The number of anilines is 2. The molecule has 0 bridgehead atoms. The van der Waals surface area contributed by atoms with E-state index in [0.717, 1.165) is 102 Å². The molecule has 8 heteroatoms. The topological polar surface area (TPSA) is 73.0 Å². The molecule has 4 rings (SSSR count). The summed E-state index contributed by atoms with van der Waals surface area (Å²) in [6.07, 6.45) is 10.8. The van der Waals surface area contributed by atoms with Crippen LogP contribution in [0, 0.1) is 0 Å². The molecule has 42 heavy (non-hydrogen) atoms. The predicted octanol–water partition coefficient (Wildman–Crippen LogP) is 6.10. The van der Waals surface area contributed by atoms with Crippen LogP contribution in [0.15, 0.2) is 47.4 Å². The Morgan fingerprint density at radius 2 is 1.62 bits per heavy atom. The highest BCUT2D eigenvalue weighted by molar-refractivity contribution is 7.90. The van der Waals surface area contributed by atoms with Crippen LogP contribution in [0.4, 0.5) is 11.4 Å². The fourth-order valence-electron chi connectivity index (χ4n) is 6.37. The Bertz CT molecular complexity index is 1240. The van der Waals surface area contributed by atoms with Crippen molar-refractivity contribution < 1.29 is 13.2 Å². The normalized spacial score (nSPS) is 16.6. The zero-order valence-corrected chi connectivity index (χ0v) is 26.9. The average Bonchev–Trinajstić information content (AvgIpc) is 3.53. The molecule has 2 aliphatic rings. The SMILES string of the molecule is CCCCCNC(=O)c1cc(S(C)(=O)=O)c(N2CCC(c3ccccc3)CC2)cc1N(CCCC)CCN1CCCC1. The van der Waals surface area contributed by atoms with E-state index < -0.39 is 9.84 Å². The number of likely N-dealkylation sites (tertiary alicyclic amines) is 1. The van der Waals surface area contributed by atoms with Crippen molar-refractivity contribution in [2.24, 2.45) is 0 Å². The number of hydrogen-bond donors (Lipinski definition) is 1. The van der Waals surface area contributed by atoms with Crippen molar-refractivity contribution in [1.29, 1.82) is 0 Å². The van der Waals surface area contributed by atoms with Gasteiger partial charge in [-0.25, -0.2) is 8.42 Å². The molecular formula is C34H52N4O3S. The first-order valence-electron chi connectivity index (χ1n) is 16.2. The molecule has 0 aliphatic carbocycles. The second-order valence-electron chi connectivity index (χ2n) is 12.1. The van der Waals surface area contributed by atoms with Gasteiger partial charge < -0.3 is 20.0 Å². The molecule has 232 valence electrons. The van der Waals surface area contributed by atoms with Gasteiger partial charge >= 0.3 is 0 Å². The summed E-state index contributed by atoms with van der Waals surface area (Å²) in [4.78, 5) is 21.0. The number of sulfone groups is 1. The zero-order valence-electron chi connectivity index (χ0n) is 26.1. The molecule has 7 nitrogen and oxygen atoms in total. The van der Waals surface area contributed by atoms with Gasteiger partial charge in [0.2, 0.25) is 0 Å². The van der Waals surface area contributed by atoms with Crippen LogP contribution in [0.3, 0.4) is 0 Å². The molecule has 2 fully saturated rings. The minimum Gasteiger partial charge on any atom is -0.370 e. The highest BCUT2D eigenvalue weighted by atomic mass is 32.2. The molecular weight excluding hydrogens is 544 g/mol. The van der Waals surface area contributed by atoms with E-state index in [1.54, 1.807) is 6.07 Å². The van der Waals surface area contributed by atoms with E-state index >= 15 is 0 Å². The molecule has 0 radical (unpaired) electrons. The Hall–Kier alpha value is -2.58. The smallest absolute Gasteiger partial charge is 0.253 e. The lowest BCUT2D eigenvalue weighted by molar-refractivity contribution is 0.0953. The van der Waals surface area contributed by atoms with Crippen LogP contribution in [0.2, 0.25) is 0 Å². The average molecular weight is 597 g/mol. The number of carbonyl (C=O) groups is 1. The molecule has 2 saturated heterocycles. The van der Waals surface area contributed by atoms with Gasteiger partial charge in [0.05, 0.1) is 21.8 Å². The Kier molecular flexibility index (Phi) is 12.1. The summed E-state index contributed by atoms with van der Waals surface area (Å²) in [5, 5.41) is 3.10. The maximum absolute atomic E-state index is 13.7. The molecule has 0 aromatic heterocycles. The third-order valence-corrected chi connectivity index (χ3v) is 10.0. The van der Waals surface area contributed by atoms with Crippen LogP contribution in [-0.2, 0) is 9.84 Å². The molecule has 2 aliphatic heterocycles. The number of carbonyl (C=O) groups excluding carboxylic acids is 1. The number of rotatable bonds is 15. The summed E-state index contributed by atoms with van der Waals surface area (Å²) in [7, 11) is -3.57. The van der Waals surface area contributed by atoms with Gasteiger partial charge in [0.25, 0.3) is 5.91 Å². The van der Waals surface area contributed by atoms with Gasteiger partial charge in [0, 0.05) is 45.5 Å². The molecule has 0 saturated carbocycles. The van der Waals surface area contributed by atoms with Crippen molar-refractivity contribution in [3.63, 3.8) is 0 Å². The van der Waals surface area contributed by atoms with E-state index in [1.165, 1.54) is 24.7 Å². The lowest BCUT2D eigenvalue weighted by atomic mass is 9.89. The van der Waals surface area contributed by atoms with Crippen LogP contribution in [0.1, 0.15) is 93.5 Å². The number of amides is 1. The van der Waals surface area contributed by atoms with E-state index in [1.807, 2.05) is 12.1 Å². The number of benzene rings is 2. The quantitative estimate of drug-likeness (QED) is 0.251. The Morgan fingerprint density at radius 3 is 2.26 bits per heavy atom. The fourth-order valence-corrected chi connectivity index (χ4v) is 7.27. The number of unbranched alkanes of at least 4 members (excludes halogenated alkanes) is 3. The third-order valence-electron chi connectivity index (χ3n) is 8.90. The van der Waals surface area contributed by atoms with Crippen molar-refractivity contribution in [1.82, 2.24) is 10.2 Å². The Morgan fingerprint density at radius 1 is 0.929 bits per heavy atom. The lowest BCUT2D eigenvalue weighted by Gasteiger charge is -2.36. The maximum Gasteiger partial charge on any atom is 0.253 e. The van der Waals surface area contributed by atoms with Crippen LogP contribution >= 0.6 is 0 Å². The van der Waals surface area contributed by atoms with Crippen LogP contribution in [0.25, 0.3) is 0 Å². The van der Waals surface area contributed by atoms with Crippen LogP contribution in [-0.4, -0.2) is 77.8 Å². The molecule has 0 unspecified atom stereocenters. The van der Waals surface area contributed by atoms with Gasteiger partial charge in [-0.05, 0) is 75.2 Å². The van der Waals surface area contributed by atoms with Gasteiger partial charge in [-0.3, -0.25) is 4.79 Å². The van der Waals surface area contributed by atoms with Crippen LogP contribution < -0.4 is 15.1 Å². The fraction of sp³-hybridized carbons (Fsp3) is 0.618. The first-order chi connectivity index (χ1) is 20.3. The minimum atomic E-state index is -3.57. The molecule has 1 N–H and O–H groups in total. The highest BCUT2D eigenvalue weighted by Gasteiger charge is 2.29. The predicted molar refractivity (Wildman–Crippen MR) is 175 cm³/mol. The largest absolute Gasteiger partial charge is 0.370 e. The molecule has 0 atom stereocenters. The molecule has 2 heterocycles. The number of piperidine rings is 1. The summed E-state index contributed by atoms with van der Waals surface area (Å²) in [5.41, 5.74) is 3.43. The van der Waals surface area contributed by atoms with E-state index in [-0.39, 0.29) is 10.8 Å². The second-order valence-corrected chi connectivity index (χ2v) is 14.1. The van der Waals surface area contributed by atoms with E-state index in [0.29, 0.717) is 18.0 Å². The Labute approximate surface area is 254 Å². The minimum absolute atomic E-state index is 0.178. The monoisotopic (exact) mass is 596 g/mol. The van der Waals surface area contributed by atoms with Crippen molar-refractivity contribution >= 4 is 27.1 Å². The van der Waals surface area contributed by atoms with Crippen molar-refractivity contribution in [3.8, 4) is 0 Å². The van der Waals surface area contributed by atoms with Crippen LogP contribution in [0.5, 0.6) is 0 Å². The summed E-state index contributed by atoms with van der Waals surface area (Å²) in [5.74, 6) is 0.293. The summed E-state index contributed by atoms with van der Waals surface area (Å²) < 4.78 is 26.5. The van der Waals surface area contributed by atoms with E-state index in [9.17, 15) is 13.2 Å². The van der Waals surface area contributed by atoms with Crippen molar-refractivity contribution in [3.05, 3.63) is 53.6 Å². The van der Waals surface area contributed by atoms with Gasteiger partial charge in [-0.1, -0.05) is 63.4 Å².